The number of rotatable bonds is 4. The summed E-state index contributed by atoms with van der Waals surface area (Å²) in [6.45, 7) is 0.0884. The highest BCUT2D eigenvalue weighted by molar-refractivity contribution is 7.98. The van der Waals surface area contributed by atoms with Gasteiger partial charge in [-0.25, -0.2) is 0 Å². The summed E-state index contributed by atoms with van der Waals surface area (Å²) >= 11 is 1.73. The summed E-state index contributed by atoms with van der Waals surface area (Å²) in [5.41, 5.74) is 1.20. The van der Waals surface area contributed by atoms with Crippen LogP contribution in [0.15, 0.2) is 35.4 Å². The minimum Gasteiger partial charge on any atom is -0.344 e. The number of nitrogens with one attached hydrogen (secondary N) is 1. The Morgan fingerprint density at radius 2 is 2.22 bits per heavy atom. The third kappa shape index (κ3) is 3.23. The first kappa shape index (κ1) is 15.9. The Kier molecular flexibility index (Phi) is 4.92. The number of aromatic nitrogens is 1. The fraction of sp³-hybridized carbons (Fsp3) is 0.444. The molecule has 1 aromatic carbocycles. The molecule has 23 heavy (non-hydrogen) atoms. The van der Waals surface area contributed by atoms with E-state index in [9.17, 15) is 4.79 Å². The Labute approximate surface area is 140 Å². The number of benzene rings is 1. The van der Waals surface area contributed by atoms with Crippen LogP contribution in [-0.2, 0) is 4.79 Å². The number of fused-ring (bicyclic) bond motifs is 1. The molecule has 0 spiro atoms. The standard InChI is InChI=1S/C18H21N3OS/c1-23-14-7-6-13-8-11-21(17(13)12-14)16-5-3-2-4-15(16)18(22)20-10-9-19/h6-8,11-12,15-16H,2-5,10H2,1H3,(H,20,22)/t15-,16+/m1/s1. The van der Waals surface area contributed by atoms with Crippen molar-refractivity contribution in [3.63, 3.8) is 0 Å². The lowest BCUT2D eigenvalue weighted by Crippen LogP contribution is -2.37. The highest BCUT2D eigenvalue weighted by Crippen LogP contribution is 2.37. The van der Waals surface area contributed by atoms with Crippen molar-refractivity contribution in [2.45, 2.75) is 36.6 Å². The van der Waals surface area contributed by atoms with E-state index in [-0.39, 0.29) is 24.4 Å². The molecule has 2 atom stereocenters. The van der Waals surface area contributed by atoms with E-state index >= 15 is 0 Å². The van der Waals surface area contributed by atoms with E-state index in [0.717, 1.165) is 25.7 Å². The van der Waals surface area contributed by atoms with Crippen molar-refractivity contribution in [1.82, 2.24) is 9.88 Å². The second-order valence-electron chi connectivity index (χ2n) is 5.98. The average Bonchev–Trinajstić information content (AvgIpc) is 3.02. The second-order valence-corrected chi connectivity index (χ2v) is 6.86. The Morgan fingerprint density at radius 3 is 3.00 bits per heavy atom. The lowest BCUT2D eigenvalue weighted by molar-refractivity contribution is -0.127. The molecular weight excluding hydrogens is 306 g/mol. The first-order chi connectivity index (χ1) is 11.2. The van der Waals surface area contributed by atoms with E-state index in [1.807, 2.05) is 6.07 Å². The Balaban J connectivity index is 1.94. The predicted octanol–water partition coefficient (Wildman–Crippen LogP) is 3.73. The predicted molar refractivity (Wildman–Crippen MR) is 93.3 cm³/mol. The zero-order chi connectivity index (χ0) is 16.2. The summed E-state index contributed by atoms with van der Waals surface area (Å²) in [6.07, 6.45) is 8.31. The van der Waals surface area contributed by atoms with Crippen LogP contribution in [0, 0.1) is 17.2 Å². The molecule has 0 unspecified atom stereocenters. The summed E-state index contributed by atoms with van der Waals surface area (Å²) in [6, 6.07) is 10.8. The topological polar surface area (TPSA) is 57.8 Å². The molecule has 1 N–H and O–H groups in total. The molecular formula is C18H21N3OS. The Bertz CT molecular complexity index is 746. The molecule has 5 heteroatoms. The van der Waals surface area contributed by atoms with Crippen LogP contribution >= 0.6 is 11.8 Å². The second kappa shape index (κ2) is 7.10. The van der Waals surface area contributed by atoms with Crippen molar-refractivity contribution < 1.29 is 4.79 Å². The largest absolute Gasteiger partial charge is 0.344 e. The smallest absolute Gasteiger partial charge is 0.226 e. The Morgan fingerprint density at radius 1 is 1.39 bits per heavy atom. The SMILES string of the molecule is CSc1ccc2ccn([C@H]3CCCC[C@H]3C(=O)NCC#N)c2c1. The molecule has 0 saturated heterocycles. The van der Waals surface area contributed by atoms with Crippen LogP contribution in [0.25, 0.3) is 10.9 Å². The first-order valence-electron chi connectivity index (χ1n) is 8.04. The molecule has 1 fully saturated rings. The quantitative estimate of drug-likeness (QED) is 0.687. The lowest BCUT2D eigenvalue weighted by Gasteiger charge is -2.32. The first-order valence-corrected chi connectivity index (χ1v) is 9.26. The number of thioether (sulfide) groups is 1. The van der Waals surface area contributed by atoms with Crippen LogP contribution in [-0.4, -0.2) is 23.3 Å². The third-order valence-electron chi connectivity index (χ3n) is 4.70. The zero-order valence-corrected chi connectivity index (χ0v) is 14.1. The van der Waals surface area contributed by atoms with Crippen molar-refractivity contribution >= 4 is 28.6 Å². The van der Waals surface area contributed by atoms with Crippen molar-refractivity contribution in [3.05, 3.63) is 30.5 Å². The molecule has 4 nitrogen and oxygen atoms in total. The normalized spacial score (nSPS) is 21.0. The number of amides is 1. The van der Waals surface area contributed by atoms with Crippen LogP contribution < -0.4 is 5.32 Å². The number of nitriles is 1. The molecule has 1 aliphatic rings. The summed E-state index contributed by atoms with van der Waals surface area (Å²) in [7, 11) is 0. The molecule has 1 aliphatic carbocycles. The zero-order valence-electron chi connectivity index (χ0n) is 13.3. The molecule has 1 heterocycles. The molecule has 0 radical (unpaired) electrons. The van der Waals surface area contributed by atoms with Crippen LogP contribution in [0.4, 0.5) is 0 Å². The number of carbonyl (C=O) groups is 1. The van der Waals surface area contributed by atoms with Gasteiger partial charge in [0.1, 0.15) is 6.54 Å². The van der Waals surface area contributed by atoms with E-state index in [2.05, 4.69) is 46.6 Å². The van der Waals surface area contributed by atoms with Gasteiger partial charge in [0.25, 0.3) is 0 Å². The van der Waals surface area contributed by atoms with Gasteiger partial charge < -0.3 is 9.88 Å². The van der Waals surface area contributed by atoms with Crippen LogP contribution in [0.1, 0.15) is 31.7 Å². The van der Waals surface area contributed by atoms with Crippen LogP contribution in [0.5, 0.6) is 0 Å². The maximum Gasteiger partial charge on any atom is 0.226 e. The highest BCUT2D eigenvalue weighted by atomic mass is 32.2. The number of hydrogen-bond acceptors (Lipinski definition) is 3. The monoisotopic (exact) mass is 327 g/mol. The number of carbonyl (C=O) groups excluding carboxylic acids is 1. The summed E-state index contributed by atoms with van der Waals surface area (Å²) in [5, 5.41) is 12.6. The molecule has 1 amide bonds. The molecule has 1 saturated carbocycles. The average molecular weight is 327 g/mol. The van der Waals surface area contributed by atoms with E-state index < -0.39 is 0 Å². The van der Waals surface area contributed by atoms with Crippen LogP contribution in [0.2, 0.25) is 0 Å². The number of hydrogen-bond donors (Lipinski definition) is 1. The molecule has 3 rings (SSSR count). The number of nitrogens with zero attached hydrogens (tertiary/aromatic N) is 2. The van der Waals surface area contributed by atoms with Crippen molar-refractivity contribution in [2.24, 2.45) is 5.92 Å². The van der Waals surface area contributed by atoms with Gasteiger partial charge in [-0.2, -0.15) is 5.26 Å². The lowest BCUT2D eigenvalue weighted by atomic mass is 9.83. The van der Waals surface area contributed by atoms with E-state index in [1.165, 1.54) is 15.8 Å². The maximum atomic E-state index is 12.4. The fourth-order valence-electron chi connectivity index (χ4n) is 3.55. The molecule has 120 valence electrons. The minimum absolute atomic E-state index is 0.0131. The Hall–Kier alpha value is -1.93. The summed E-state index contributed by atoms with van der Waals surface area (Å²) in [5.74, 6) is -0.0373. The third-order valence-corrected chi connectivity index (χ3v) is 5.42. The highest BCUT2D eigenvalue weighted by Gasteiger charge is 2.32. The van der Waals surface area contributed by atoms with Gasteiger partial charge in [0.2, 0.25) is 5.91 Å². The van der Waals surface area contributed by atoms with Gasteiger partial charge in [-0.05, 0) is 42.7 Å². The van der Waals surface area contributed by atoms with Crippen molar-refractivity contribution in [2.75, 3.05) is 12.8 Å². The van der Waals surface area contributed by atoms with Gasteiger partial charge in [0.05, 0.1) is 12.0 Å². The summed E-state index contributed by atoms with van der Waals surface area (Å²) in [4.78, 5) is 13.7. The van der Waals surface area contributed by atoms with Crippen LogP contribution in [0.3, 0.4) is 0 Å². The van der Waals surface area contributed by atoms with E-state index in [4.69, 9.17) is 5.26 Å². The van der Waals surface area contributed by atoms with Gasteiger partial charge in [-0.1, -0.05) is 18.9 Å². The fourth-order valence-corrected chi connectivity index (χ4v) is 3.99. The molecule has 0 aliphatic heterocycles. The van der Waals surface area contributed by atoms with Gasteiger partial charge in [0.15, 0.2) is 0 Å². The molecule has 1 aromatic heterocycles. The van der Waals surface area contributed by atoms with Gasteiger partial charge in [0, 0.05) is 22.7 Å². The minimum atomic E-state index is -0.0503. The van der Waals surface area contributed by atoms with Gasteiger partial charge >= 0.3 is 0 Å². The van der Waals surface area contributed by atoms with Crippen molar-refractivity contribution in [1.29, 1.82) is 5.26 Å². The van der Waals surface area contributed by atoms with Gasteiger partial charge in [-0.15, -0.1) is 11.8 Å². The van der Waals surface area contributed by atoms with Gasteiger partial charge in [-0.3, -0.25) is 4.79 Å². The molecule has 0 bridgehead atoms. The van der Waals surface area contributed by atoms with E-state index in [1.54, 1.807) is 11.8 Å². The molecule has 2 aromatic rings. The summed E-state index contributed by atoms with van der Waals surface area (Å²) < 4.78 is 2.27. The van der Waals surface area contributed by atoms with E-state index in [0.29, 0.717) is 0 Å². The maximum absolute atomic E-state index is 12.4. The van der Waals surface area contributed by atoms with Crippen molar-refractivity contribution in [3.8, 4) is 6.07 Å².